The first kappa shape index (κ1) is 15.5. The van der Waals surface area contributed by atoms with Crippen molar-refractivity contribution >= 4 is 28.3 Å². The predicted molar refractivity (Wildman–Crippen MR) is 90.1 cm³/mol. The first-order valence-corrected chi connectivity index (χ1v) is 8.09. The summed E-state index contributed by atoms with van der Waals surface area (Å²) >= 11 is 1.35. The fourth-order valence-electron chi connectivity index (χ4n) is 2.39. The number of esters is 1. The standard InChI is InChI=1S/C18H16O4S/c1-10-4-5-23-17(10)18(20)21-9-13-8-16(19)22-15-7-12(3)11(2)6-14(13)15/h4-8H,9H2,1-3H3. The minimum atomic E-state index is -0.445. The lowest BCUT2D eigenvalue weighted by molar-refractivity contribution is 0.0479. The Morgan fingerprint density at radius 2 is 1.87 bits per heavy atom. The minimum Gasteiger partial charge on any atom is -0.457 e. The van der Waals surface area contributed by atoms with Gasteiger partial charge in [-0.05, 0) is 61.0 Å². The van der Waals surface area contributed by atoms with Gasteiger partial charge >= 0.3 is 11.6 Å². The van der Waals surface area contributed by atoms with E-state index < -0.39 is 5.63 Å². The van der Waals surface area contributed by atoms with E-state index >= 15 is 0 Å². The molecule has 2 aromatic heterocycles. The zero-order chi connectivity index (χ0) is 16.6. The third-order valence-electron chi connectivity index (χ3n) is 3.85. The van der Waals surface area contributed by atoms with Crippen molar-refractivity contribution in [2.75, 3.05) is 0 Å². The fraction of sp³-hybridized carbons (Fsp3) is 0.222. The molecule has 0 spiro atoms. The molecule has 0 aliphatic carbocycles. The molecule has 0 saturated heterocycles. The van der Waals surface area contributed by atoms with Crippen molar-refractivity contribution in [2.45, 2.75) is 27.4 Å². The van der Waals surface area contributed by atoms with Crippen LogP contribution in [0, 0.1) is 20.8 Å². The largest absolute Gasteiger partial charge is 0.457 e. The maximum Gasteiger partial charge on any atom is 0.348 e. The third-order valence-corrected chi connectivity index (χ3v) is 4.85. The Kier molecular flexibility index (Phi) is 4.05. The molecule has 0 aliphatic heterocycles. The van der Waals surface area contributed by atoms with Gasteiger partial charge in [0.15, 0.2) is 0 Å². The second-order valence-electron chi connectivity index (χ2n) is 5.53. The summed E-state index contributed by atoms with van der Waals surface area (Å²) < 4.78 is 10.6. The Balaban J connectivity index is 1.94. The Hall–Kier alpha value is -2.40. The lowest BCUT2D eigenvalue weighted by Gasteiger charge is -2.09. The smallest absolute Gasteiger partial charge is 0.348 e. The van der Waals surface area contributed by atoms with Crippen LogP contribution in [0.1, 0.15) is 31.9 Å². The molecule has 118 valence electrons. The number of carbonyl (C=O) groups is 1. The van der Waals surface area contributed by atoms with E-state index in [0.29, 0.717) is 16.0 Å². The summed E-state index contributed by atoms with van der Waals surface area (Å²) in [6.07, 6.45) is 0. The van der Waals surface area contributed by atoms with Crippen molar-refractivity contribution in [3.8, 4) is 0 Å². The molecule has 0 amide bonds. The lowest BCUT2D eigenvalue weighted by Crippen LogP contribution is -2.08. The van der Waals surface area contributed by atoms with Gasteiger partial charge in [-0.2, -0.15) is 0 Å². The second kappa shape index (κ2) is 6.01. The number of carbonyl (C=O) groups excluding carboxylic acids is 1. The average molecular weight is 328 g/mol. The van der Waals surface area contributed by atoms with E-state index in [0.717, 1.165) is 22.1 Å². The second-order valence-corrected chi connectivity index (χ2v) is 6.45. The summed E-state index contributed by atoms with van der Waals surface area (Å²) in [5.41, 5.74) is 3.75. The molecule has 1 aromatic carbocycles. The molecule has 3 aromatic rings. The van der Waals surface area contributed by atoms with Gasteiger partial charge in [-0.3, -0.25) is 0 Å². The SMILES string of the molecule is Cc1cc2oc(=O)cc(COC(=O)c3sccc3C)c2cc1C. The zero-order valence-corrected chi connectivity index (χ0v) is 14.0. The van der Waals surface area contributed by atoms with E-state index in [1.54, 1.807) is 0 Å². The quantitative estimate of drug-likeness (QED) is 0.536. The van der Waals surface area contributed by atoms with Gasteiger partial charge in [0.25, 0.3) is 0 Å². The summed E-state index contributed by atoms with van der Waals surface area (Å²) in [4.78, 5) is 24.4. The number of benzene rings is 1. The number of aryl methyl sites for hydroxylation is 3. The molecule has 3 rings (SSSR count). The molecule has 0 fully saturated rings. The van der Waals surface area contributed by atoms with Gasteiger partial charge in [0, 0.05) is 17.0 Å². The molecular formula is C18H16O4S. The maximum atomic E-state index is 12.1. The van der Waals surface area contributed by atoms with Crippen LogP contribution >= 0.6 is 11.3 Å². The number of fused-ring (bicyclic) bond motifs is 1. The van der Waals surface area contributed by atoms with Crippen LogP contribution in [0.3, 0.4) is 0 Å². The lowest BCUT2D eigenvalue weighted by atomic mass is 10.0. The van der Waals surface area contributed by atoms with Gasteiger partial charge in [0.2, 0.25) is 0 Å². The number of rotatable bonds is 3. The van der Waals surface area contributed by atoms with E-state index in [2.05, 4.69) is 0 Å². The van der Waals surface area contributed by atoms with E-state index in [-0.39, 0.29) is 12.6 Å². The highest BCUT2D eigenvalue weighted by Crippen LogP contribution is 2.23. The Morgan fingerprint density at radius 3 is 2.57 bits per heavy atom. The molecule has 0 unspecified atom stereocenters. The Labute approximate surface area is 137 Å². The molecule has 0 aliphatic rings. The third kappa shape index (κ3) is 3.05. The van der Waals surface area contributed by atoms with Gasteiger partial charge in [-0.25, -0.2) is 9.59 Å². The molecule has 2 heterocycles. The number of thiophene rings is 1. The van der Waals surface area contributed by atoms with Gasteiger partial charge in [0.05, 0.1) is 0 Å². The molecule has 0 atom stereocenters. The molecule has 23 heavy (non-hydrogen) atoms. The summed E-state index contributed by atoms with van der Waals surface area (Å²) in [6.45, 7) is 5.86. The van der Waals surface area contributed by atoms with E-state index in [1.165, 1.54) is 17.4 Å². The van der Waals surface area contributed by atoms with E-state index in [1.807, 2.05) is 44.4 Å². The minimum absolute atomic E-state index is 0.0424. The maximum absolute atomic E-state index is 12.1. The number of ether oxygens (including phenoxy) is 1. The van der Waals surface area contributed by atoms with Gasteiger partial charge in [0.1, 0.15) is 17.1 Å². The molecular weight excluding hydrogens is 312 g/mol. The highest BCUT2D eigenvalue weighted by molar-refractivity contribution is 7.12. The molecule has 4 nitrogen and oxygen atoms in total. The van der Waals surface area contributed by atoms with Crippen molar-refractivity contribution in [3.05, 3.63) is 67.2 Å². The predicted octanol–water partition coefficient (Wildman–Crippen LogP) is 4.14. The Bertz CT molecular complexity index is 949. The summed E-state index contributed by atoms with van der Waals surface area (Å²) in [7, 11) is 0. The molecule has 5 heteroatoms. The van der Waals surface area contributed by atoms with Crippen LogP contribution in [0.2, 0.25) is 0 Å². The molecule has 0 saturated carbocycles. The average Bonchev–Trinajstić information content (AvgIpc) is 2.92. The van der Waals surface area contributed by atoms with Crippen molar-refractivity contribution in [2.24, 2.45) is 0 Å². The van der Waals surface area contributed by atoms with Crippen molar-refractivity contribution < 1.29 is 13.9 Å². The highest BCUT2D eigenvalue weighted by Gasteiger charge is 2.14. The number of hydrogen-bond donors (Lipinski definition) is 0. The molecule has 0 radical (unpaired) electrons. The summed E-state index contributed by atoms with van der Waals surface area (Å²) in [5, 5.41) is 2.65. The first-order valence-electron chi connectivity index (χ1n) is 7.21. The monoisotopic (exact) mass is 328 g/mol. The highest BCUT2D eigenvalue weighted by atomic mass is 32.1. The Morgan fingerprint density at radius 1 is 1.13 bits per heavy atom. The van der Waals surface area contributed by atoms with Gasteiger partial charge in [-0.15, -0.1) is 11.3 Å². The van der Waals surface area contributed by atoms with Crippen LogP contribution in [0.4, 0.5) is 0 Å². The summed E-state index contributed by atoms with van der Waals surface area (Å²) in [5.74, 6) is -0.372. The van der Waals surface area contributed by atoms with Crippen LogP contribution < -0.4 is 5.63 Å². The van der Waals surface area contributed by atoms with Crippen molar-refractivity contribution in [3.63, 3.8) is 0 Å². The zero-order valence-electron chi connectivity index (χ0n) is 13.1. The van der Waals surface area contributed by atoms with Gasteiger partial charge in [-0.1, -0.05) is 0 Å². The first-order chi connectivity index (χ1) is 11.0. The topological polar surface area (TPSA) is 56.5 Å². The van der Waals surface area contributed by atoms with E-state index in [9.17, 15) is 9.59 Å². The van der Waals surface area contributed by atoms with Crippen LogP contribution in [-0.2, 0) is 11.3 Å². The number of hydrogen-bond acceptors (Lipinski definition) is 5. The van der Waals surface area contributed by atoms with Crippen molar-refractivity contribution in [1.82, 2.24) is 0 Å². The normalized spacial score (nSPS) is 10.9. The molecule has 0 N–H and O–H groups in total. The van der Waals surface area contributed by atoms with Gasteiger partial charge < -0.3 is 9.15 Å². The molecule has 0 bridgehead atoms. The van der Waals surface area contributed by atoms with Crippen LogP contribution in [-0.4, -0.2) is 5.97 Å². The van der Waals surface area contributed by atoms with E-state index in [4.69, 9.17) is 9.15 Å². The summed E-state index contributed by atoms with van der Waals surface area (Å²) in [6, 6.07) is 7.04. The van der Waals surface area contributed by atoms with Crippen molar-refractivity contribution in [1.29, 1.82) is 0 Å². The van der Waals surface area contributed by atoms with Crippen LogP contribution in [0.25, 0.3) is 11.0 Å². The fourth-order valence-corrected chi connectivity index (χ4v) is 3.21. The van der Waals surface area contributed by atoms with Crippen LogP contribution in [0.15, 0.2) is 38.9 Å². The van der Waals surface area contributed by atoms with Crippen LogP contribution in [0.5, 0.6) is 0 Å².